The summed E-state index contributed by atoms with van der Waals surface area (Å²) in [6, 6.07) is 5.72. The molecule has 154 valence electrons. The van der Waals surface area contributed by atoms with Crippen molar-refractivity contribution in [2.24, 2.45) is 17.3 Å². The third-order valence-electron chi connectivity index (χ3n) is 7.61. The molecule has 0 spiro atoms. The molecule has 4 rings (SSSR count). The van der Waals surface area contributed by atoms with E-state index in [-0.39, 0.29) is 29.7 Å². The molecule has 0 unspecified atom stereocenters. The fourth-order valence-corrected chi connectivity index (χ4v) is 6.54. The van der Waals surface area contributed by atoms with Gasteiger partial charge < -0.3 is 14.6 Å². The Morgan fingerprint density at radius 3 is 2.66 bits per heavy atom. The van der Waals surface area contributed by atoms with Gasteiger partial charge in [0.15, 0.2) is 5.60 Å². The molecule has 0 saturated heterocycles. The highest BCUT2D eigenvalue weighted by atomic mass is 16.6. The Bertz CT molecular complexity index is 899. The Kier molecular flexibility index (Phi) is 4.74. The van der Waals surface area contributed by atoms with Gasteiger partial charge in [-0.3, -0.25) is 9.59 Å². The van der Waals surface area contributed by atoms with Crippen molar-refractivity contribution in [3.8, 4) is 18.1 Å². The lowest BCUT2D eigenvalue weighted by atomic mass is 9.52. The molecule has 5 nitrogen and oxygen atoms in total. The van der Waals surface area contributed by atoms with Gasteiger partial charge in [-0.25, -0.2) is 0 Å². The van der Waals surface area contributed by atoms with E-state index in [4.69, 9.17) is 15.9 Å². The van der Waals surface area contributed by atoms with Gasteiger partial charge in [-0.2, -0.15) is 0 Å². The SMILES string of the molecule is C#C[C@]1(OC(C)=O)CC[C@@H]2[C@@H]3CCc4cc(OC(C)=O)ccc4[C@@H]3[C@@H](O)C[C@@]21C. The first-order chi connectivity index (χ1) is 13.7. The van der Waals surface area contributed by atoms with Crippen molar-refractivity contribution in [3.63, 3.8) is 0 Å². The number of hydrogen-bond acceptors (Lipinski definition) is 5. The quantitative estimate of drug-likeness (QED) is 0.471. The summed E-state index contributed by atoms with van der Waals surface area (Å²) in [5, 5.41) is 11.2. The van der Waals surface area contributed by atoms with Crippen LogP contribution >= 0.6 is 0 Å². The lowest BCUT2D eigenvalue weighted by molar-refractivity contribution is -0.171. The highest BCUT2D eigenvalue weighted by molar-refractivity contribution is 5.69. The molecule has 3 aliphatic carbocycles. The largest absolute Gasteiger partial charge is 0.445 e. The summed E-state index contributed by atoms with van der Waals surface area (Å²) in [4.78, 5) is 23.1. The van der Waals surface area contributed by atoms with E-state index >= 15 is 0 Å². The van der Waals surface area contributed by atoms with Crippen LogP contribution in [0.3, 0.4) is 0 Å². The molecular weight excluding hydrogens is 368 g/mol. The minimum atomic E-state index is -0.949. The zero-order valence-corrected chi connectivity index (χ0v) is 17.2. The van der Waals surface area contributed by atoms with E-state index in [1.54, 1.807) is 0 Å². The third-order valence-corrected chi connectivity index (χ3v) is 7.61. The highest BCUT2D eigenvalue weighted by Crippen LogP contribution is 2.65. The Morgan fingerprint density at radius 2 is 2.00 bits per heavy atom. The Labute approximate surface area is 171 Å². The van der Waals surface area contributed by atoms with E-state index in [1.165, 1.54) is 13.8 Å². The molecule has 1 N–H and O–H groups in total. The van der Waals surface area contributed by atoms with Crippen molar-refractivity contribution < 1.29 is 24.2 Å². The van der Waals surface area contributed by atoms with Crippen molar-refractivity contribution in [1.82, 2.24) is 0 Å². The molecular formula is C24H28O5. The fraction of sp³-hybridized carbons (Fsp3) is 0.583. The lowest BCUT2D eigenvalue weighted by Gasteiger charge is -2.54. The smallest absolute Gasteiger partial charge is 0.308 e. The number of ether oxygens (including phenoxy) is 2. The van der Waals surface area contributed by atoms with E-state index in [9.17, 15) is 14.7 Å². The Balaban J connectivity index is 1.69. The minimum absolute atomic E-state index is 0.0223. The molecule has 1 aromatic rings. The van der Waals surface area contributed by atoms with Gasteiger partial charge >= 0.3 is 11.9 Å². The molecule has 1 aromatic carbocycles. The second kappa shape index (κ2) is 6.88. The first-order valence-electron chi connectivity index (χ1n) is 10.4. The van der Waals surface area contributed by atoms with Crippen molar-refractivity contribution in [2.45, 2.75) is 70.5 Å². The van der Waals surface area contributed by atoms with Crippen LogP contribution in [0, 0.1) is 29.6 Å². The maximum atomic E-state index is 11.8. The first-order valence-corrected chi connectivity index (χ1v) is 10.4. The standard InChI is InChI=1S/C24H28O5/c1-5-24(29-15(3)26)11-10-20-19-8-6-16-12-17(28-14(2)25)7-9-18(16)22(19)21(27)13-23(20,24)4/h1,7,9,12,19-22,27H,6,8,10-11,13H2,2-4H3/t19-,20+,21-,22-,23-,24-/m0/s1. The number of carbonyl (C=O) groups is 2. The van der Waals surface area contributed by atoms with Crippen LogP contribution in [0.4, 0.5) is 0 Å². The molecule has 0 heterocycles. The van der Waals surface area contributed by atoms with Crippen LogP contribution in [0.15, 0.2) is 18.2 Å². The van der Waals surface area contributed by atoms with Gasteiger partial charge in [-0.15, -0.1) is 6.42 Å². The van der Waals surface area contributed by atoms with Gasteiger partial charge in [0.1, 0.15) is 5.75 Å². The van der Waals surface area contributed by atoms with Gasteiger partial charge in [0.05, 0.1) is 6.10 Å². The number of fused-ring (bicyclic) bond motifs is 5. The number of carbonyl (C=O) groups excluding carboxylic acids is 2. The fourth-order valence-electron chi connectivity index (χ4n) is 6.54. The normalized spacial score (nSPS) is 37.5. The van der Waals surface area contributed by atoms with Crippen molar-refractivity contribution in [1.29, 1.82) is 0 Å². The predicted octanol–water partition coefficient (Wildman–Crippen LogP) is 3.37. The number of aliphatic hydroxyl groups excluding tert-OH is 1. The summed E-state index contributed by atoms with van der Waals surface area (Å²) < 4.78 is 11.0. The van der Waals surface area contributed by atoms with Gasteiger partial charge in [0.25, 0.3) is 0 Å². The molecule has 0 radical (unpaired) electrons. The molecule has 0 amide bonds. The van der Waals surface area contributed by atoms with Crippen LogP contribution in [0.2, 0.25) is 0 Å². The summed E-state index contributed by atoms with van der Waals surface area (Å²) in [6.45, 7) is 4.88. The second-order valence-electron chi connectivity index (χ2n) is 9.08. The first kappa shape index (κ1) is 20.0. The second-order valence-corrected chi connectivity index (χ2v) is 9.08. The zero-order valence-electron chi connectivity index (χ0n) is 17.2. The van der Waals surface area contributed by atoms with Crippen LogP contribution in [-0.2, 0) is 20.7 Å². The summed E-state index contributed by atoms with van der Waals surface area (Å²) in [5.41, 5.74) is 0.879. The Hall–Kier alpha value is -2.32. The van der Waals surface area contributed by atoms with Crippen LogP contribution in [0.1, 0.15) is 63.5 Å². The molecule has 0 aromatic heterocycles. The summed E-state index contributed by atoms with van der Waals surface area (Å²) in [5.74, 6) is 3.24. The predicted molar refractivity (Wildman–Crippen MR) is 107 cm³/mol. The van der Waals surface area contributed by atoms with Crippen LogP contribution in [0.25, 0.3) is 0 Å². The van der Waals surface area contributed by atoms with Crippen LogP contribution in [0.5, 0.6) is 5.75 Å². The summed E-state index contributed by atoms with van der Waals surface area (Å²) >= 11 is 0. The maximum absolute atomic E-state index is 11.8. The summed E-state index contributed by atoms with van der Waals surface area (Å²) in [6.07, 6.45) is 9.16. The van der Waals surface area contributed by atoms with Gasteiger partial charge in [0, 0.05) is 25.2 Å². The van der Waals surface area contributed by atoms with Crippen molar-refractivity contribution in [2.75, 3.05) is 0 Å². The zero-order chi connectivity index (χ0) is 21.0. The van der Waals surface area contributed by atoms with Crippen molar-refractivity contribution >= 4 is 11.9 Å². The number of terminal acetylenes is 1. The van der Waals surface area contributed by atoms with E-state index < -0.39 is 17.1 Å². The number of hydrogen-bond donors (Lipinski definition) is 1. The lowest BCUT2D eigenvalue weighted by Crippen LogP contribution is -2.55. The minimum Gasteiger partial charge on any atom is -0.445 e. The van der Waals surface area contributed by atoms with Crippen molar-refractivity contribution in [3.05, 3.63) is 29.3 Å². The van der Waals surface area contributed by atoms with Gasteiger partial charge in [-0.05, 0) is 67.2 Å². The molecule has 6 atom stereocenters. The van der Waals surface area contributed by atoms with Crippen LogP contribution < -0.4 is 4.74 Å². The highest BCUT2D eigenvalue weighted by Gasteiger charge is 2.65. The topological polar surface area (TPSA) is 72.8 Å². The number of aryl methyl sites for hydroxylation is 1. The number of aliphatic hydroxyl groups is 1. The van der Waals surface area contributed by atoms with E-state index in [0.717, 1.165) is 30.4 Å². The molecule has 2 fully saturated rings. The maximum Gasteiger partial charge on any atom is 0.308 e. The average molecular weight is 396 g/mol. The van der Waals surface area contributed by atoms with E-state index in [2.05, 4.69) is 12.8 Å². The Morgan fingerprint density at radius 1 is 1.24 bits per heavy atom. The average Bonchev–Trinajstić information content (AvgIpc) is 2.92. The molecule has 29 heavy (non-hydrogen) atoms. The number of esters is 2. The number of rotatable bonds is 2. The van der Waals surface area contributed by atoms with Gasteiger partial charge in [0.2, 0.25) is 0 Å². The molecule has 2 saturated carbocycles. The van der Waals surface area contributed by atoms with E-state index in [1.807, 2.05) is 18.2 Å². The third kappa shape index (κ3) is 2.97. The molecule has 5 heteroatoms. The van der Waals surface area contributed by atoms with Gasteiger partial charge in [-0.1, -0.05) is 18.9 Å². The van der Waals surface area contributed by atoms with E-state index in [0.29, 0.717) is 18.6 Å². The number of benzene rings is 1. The molecule has 0 bridgehead atoms. The molecule has 0 aliphatic heterocycles. The molecule has 3 aliphatic rings. The van der Waals surface area contributed by atoms with Crippen LogP contribution in [-0.4, -0.2) is 28.8 Å². The monoisotopic (exact) mass is 396 g/mol. The summed E-state index contributed by atoms with van der Waals surface area (Å²) in [7, 11) is 0.